The van der Waals surface area contributed by atoms with E-state index in [1.54, 1.807) is 7.11 Å². The molecule has 3 rings (SSSR count). The maximum absolute atomic E-state index is 5.45. The van der Waals surface area contributed by atoms with Gasteiger partial charge in [-0.05, 0) is 37.1 Å². The zero-order valence-corrected chi connectivity index (χ0v) is 10.7. The Morgan fingerprint density at radius 1 is 1.33 bits per heavy atom. The number of fused-ring (bicyclic) bond motifs is 1. The molecule has 0 saturated carbocycles. The molecule has 1 fully saturated rings. The summed E-state index contributed by atoms with van der Waals surface area (Å²) in [6.07, 6.45) is 2.46. The number of hydrogen-bond donors (Lipinski definition) is 0. The molecule has 2 aliphatic heterocycles. The Morgan fingerprint density at radius 2 is 2.22 bits per heavy atom. The SMILES string of the molecule is COCCN1CCC[C@H]1c1ccc2c(c1)OCO2. The van der Waals surface area contributed by atoms with Gasteiger partial charge in [-0.3, -0.25) is 4.90 Å². The van der Waals surface area contributed by atoms with Crippen LogP contribution in [0.25, 0.3) is 0 Å². The molecule has 1 aromatic carbocycles. The Bertz CT molecular complexity index is 422. The molecule has 4 nitrogen and oxygen atoms in total. The zero-order valence-electron chi connectivity index (χ0n) is 10.7. The van der Waals surface area contributed by atoms with E-state index in [1.165, 1.54) is 18.4 Å². The summed E-state index contributed by atoms with van der Waals surface area (Å²) in [6.45, 7) is 3.29. The molecule has 0 bridgehead atoms. The van der Waals surface area contributed by atoms with Gasteiger partial charge in [0.2, 0.25) is 6.79 Å². The van der Waals surface area contributed by atoms with Gasteiger partial charge in [0.15, 0.2) is 11.5 Å². The molecule has 0 radical (unpaired) electrons. The lowest BCUT2D eigenvalue weighted by Crippen LogP contribution is -2.26. The first-order valence-electron chi connectivity index (χ1n) is 6.51. The Labute approximate surface area is 107 Å². The minimum atomic E-state index is 0.344. The van der Waals surface area contributed by atoms with Gasteiger partial charge in [0, 0.05) is 19.7 Å². The first-order valence-corrected chi connectivity index (χ1v) is 6.51. The van der Waals surface area contributed by atoms with E-state index in [9.17, 15) is 0 Å². The summed E-state index contributed by atoms with van der Waals surface area (Å²) in [7, 11) is 1.76. The van der Waals surface area contributed by atoms with E-state index in [-0.39, 0.29) is 0 Å². The van der Waals surface area contributed by atoms with Crippen molar-refractivity contribution < 1.29 is 14.2 Å². The zero-order chi connectivity index (χ0) is 12.4. The Morgan fingerprint density at radius 3 is 3.11 bits per heavy atom. The van der Waals surface area contributed by atoms with E-state index in [2.05, 4.69) is 17.0 Å². The average molecular weight is 249 g/mol. The molecule has 0 aliphatic carbocycles. The summed E-state index contributed by atoms with van der Waals surface area (Å²) in [5, 5.41) is 0. The van der Waals surface area contributed by atoms with Crippen LogP contribution in [0.15, 0.2) is 18.2 Å². The smallest absolute Gasteiger partial charge is 0.231 e. The maximum atomic E-state index is 5.45. The summed E-state index contributed by atoms with van der Waals surface area (Å²) >= 11 is 0. The fourth-order valence-corrected chi connectivity index (χ4v) is 2.80. The van der Waals surface area contributed by atoms with E-state index >= 15 is 0 Å². The van der Waals surface area contributed by atoms with Crippen molar-refractivity contribution in [3.63, 3.8) is 0 Å². The lowest BCUT2D eigenvalue weighted by Gasteiger charge is -2.24. The molecule has 0 aromatic heterocycles. The molecular weight excluding hydrogens is 230 g/mol. The topological polar surface area (TPSA) is 30.9 Å². The van der Waals surface area contributed by atoms with Gasteiger partial charge in [0.1, 0.15) is 0 Å². The third kappa shape index (κ3) is 2.18. The largest absolute Gasteiger partial charge is 0.454 e. The molecule has 1 saturated heterocycles. The monoisotopic (exact) mass is 249 g/mol. The van der Waals surface area contributed by atoms with Crippen molar-refractivity contribution in [3.8, 4) is 11.5 Å². The van der Waals surface area contributed by atoms with Crippen molar-refractivity contribution in [2.24, 2.45) is 0 Å². The Kier molecular flexibility index (Phi) is 3.39. The molecule has 1 aromatic rings. The van der Waals surface area contributed by atoms with Gasteiger partial charge < -0.3 is 14.2 Å². The highest BCUT2D eigenvalue weighted by Gasteiger charge is 2.27. The highest BCUT2D eigenvalue weighted by Crippen LogP contribution is 2.38. The number of benzene rings is 1. The van der Waals surface area contributed by atoms with Crippen LogP contribution in [-0.2, 0) is 4.74 Å². The van der Waals surface area contributed by atoms with Crippen molar-refractivity contribution in [1.82, 2.24) is 4.90 Å². The predicted molar refractivity (Wildman–Crippen MR) is 68.0 cm³/mol. The van der Waals surface area contributed by atoms with Gasteiger partial charge >= 0.3 is 0 Å². The van der Waals surface area contributed by atoms with Gasteiger partial charge in [-0.1, -0.05) is 6.07 Å². The number of methoxy groups -OCH3 is 1. The second-order valence-corrected chi connectivity index (χ2v) is 4.80. The van der Waals surface area contributed by atoms with Gasteiger partial charge in [0.05, 0.1) is 6.61 Å². The van der Waals surface area contributed by atoms with E-state index in [1.807, 2.05) is 6.07 Å². The van der Waals surface area contributed by atoms with E-state index in [4.69, 9.17) is 14.2 Å². The lowest BCUT2D eigenvalue weighted by atomic mass is 10.0. The first kappa shape index (κ1) is 11.8. The van der Waals surface area contributed by atoms with Crippen LogP contribution < -0.4 is 9.47 Å². The van der Waals surface area contributed by atoms with E-state index < -0.39 is 0 Å². The maximum Gasteiger partial charge on any atom is 0.231 e. The van der Waals surface area contributed by atoms with Crippen LogP contribution in [-0.4, -0.2) is 38.5 Å². The molecule has 1 atom stereocenters. The summed E-state index contributed by atoms with van der Waals surface area (Å²) in [6, 6.07) is 6.79. The molecule has 0 spiro atoms. The highest BCUT2D eigenvalue weighted by atomic mass is 16.7. The second kappa shape index (κ2) is 5.16. The number of hydrogen-bond acceptors (Lipinski definition) is 4. The van der Waals surface area contributed by atoms with Crippen LogP contribution in [0, 0.1) is 0 Å². The Hall–Kier alpha value is -1.26. The average Bonchev–Trinajstić information content (AvgIpc) is 3.03. The standard InChI is InChI=1S/C14H19NO3/c1-16-8-7-15-6-2-3-12(15)11-4-5-13-14(9-11)18-10-17-13/h4-5,9,12H,2-3,6-8,10H2,1H3/t12-/m0/s1. The summed E-state index contributed by atoms with van der Waals surface area (Å²) in [5.74, 6) is 1.74. The molecular formula is C14H19NO3. The van der Waals surface area contributed by atoms with Gasteiger partial charge in [-0.15, -0.1) is 0 Å². The van der Waals surface area contributed by atoms with Crippen molar-refractivity contribution >= 4 is 0 Å². The van der Waals surface area contributed by atoms with Gasteiger partial charge in [0.25, 0.3) is 0 Å². The van der Waals surface area contributed by atoms with Crippen molar-refractivity contribution in [3.05, 3.63) is 23.8 Å². The summed E-state index contributed by atoms with van der Waals surface area (Å²) in [5.41, 5.74) is 1.33. The van der Waals surface area contributed by atoms with Crippen LogP contribution >= 0.6 is 0 Å². The number of rotatable bonds is 4. The van der Waals surface area contributed by atoms with Gasteiger partial charge in [-0.25, -0.2) is 0 Å². The first-order chi connectivity index (χ1) is 8.88. The second-order valence-electron chi connectivity index (χ2n) is 4.80. The fourth-order valence-electron chi connectivity index (χ4n) is 2.80. The third-order valence-electron chi connectivity index (χ3n) is 3.73. The van der Waals surface area contributed by atoms with Crippen LogP contribution in [0.1, 0.15) is 24.4 Å². The van der Waals surface area contributed by atoms with Crippen LogP contribution in [0.4, 0.5) is 0 Å². The van der Waals surface area contributed by atoms with Crippen LogP contribution in [0.2, 0.25) is 0 Å². The van der Waals surface area contributed by atoms with E-state index in [0.29, 0.717) is 12.8 Å². The molecule has 0 unspecified atom stereocenters. The van der Waals surface area contributed by atoms with Crippen LogP contribution in [0.3, 0.4) is 0 Å². The fraction of sp³-hybridized carbons (Fsp3) is 0.571. The highest BCUT2D eigenvalue weighted by molar-refractivity contribution is 5.45. The molecule has 4 heteroatoms. The normalized spacial score (nSPS) is 22.6. The Balaban J connectivity index is 1.76. The third-order valence-corrected chi connectivity index (χ3v) is 3.73. The van der Waals surface area contributed by atoms with Crippen molar-refractivity contribution in [2.45, 2.75) is 18.9 Å². The van der Waals surface area contributed by atoms with Crippen molar-refractivity contribution in [1.29, 1.82) is 0 Å². The quantitative estimate of drug-likeness (QED) is 0.818. The number of ether oxygens (including phenoxy) is 3. The summed E-state index contributed by atoms with van der Waals surface area (Å²) < 4.78 is 16.0. The van der Waals surface area contributed by atoms with Crippen LogP contribution in [0.5, 0.6) is 11.5 Å². The lowest BCUT2D eigenvalue weighted by molar-refractivity contribution is 0.141. The van der Waals surface area contributed by atoms with Crippen molar-refractivity contribution in [2.75, 3.05) is 33.6 Å². The van der Waals surface area contributed by atoms with Gasteiger partial charge in [-0.2, -0.15) is 0 Å². The minimum absolute atomic E-state index is 0.344. The molecule has 2 heterocycles. The molecule has 2 aliphatic rings. The molecule has 0 amide bonds. The number of likely N-dealkylation sites (tertiary alicyclic amines) is 1. The molecule has 98 valence electrons. The predicted octanol–water partition coefficient (Wildman–Crippen LogP) is 2.20. The number of nitrogens with zero attached hydrogens (tertiary/aromatic N) is 1. The molecule has 0 N–H and O–H groups in total. The minimum Gasteiger partial charge on any atom is -0.454 e. The van der Waals surface area contributed by atoms with E-state index in [0.717, 1.165) is 31.2 Å². The molecule has 18 heavy (non-hydrogen) atoms. The summed E-state index contributed by atoms with van der Waals surface area (Å²) in [4.78, 5) is 2.49.